The van der Waals surface area contributed by atoms with Gasteiger partial charge in [-0.3, -0.25) is 15.3 Å². The molecule has 0 aromatic carbocycles. The molecule has 0 aliphatic carbocycles. The van der Waals surface area contributed by atoms with Crippen LogP contribution in [0, 0.1) is 0 Å². The molecule has 9 heteroatoms. The Labute approximate surface area is 153 Å². The molecular formula is C17H28N4O5. The lowest BCUT2D eigenvalue weighted by atomic mass is 10.1. The fourth-order valence-electron chi connectivity index (χ4n) is 3.15. The van der Waals surface area contributed by atoms with Gasteiger partial charge in [-0.15, -0.1) is 0 Å². The van der Waals surface area contributed by atoms with E-state index in [4.69, 9.17) is 9.47 Å². The lowest BCUT2D eigenvalue weighted by Gasteiger charge is -2.44. The summed E-state index contributed by atoms with van der Waals surface area (Å²) in [6.07, 6.45) is 2.55. The number of hydrazine groups is 1. The summed E-state index contributed by atoms with van der Waals surface area (Å²) in [6.45, 7) is 8.21. The Bertz CT molecular complexity index is 625. The summed E-state index contributed by atoms with van der Waals surface area (Å²) >= 11 is 0. The molecule has 146 valence electrons. The number of carboxylic acid groups (broad SMARTS) is 1. The number of nitrogens with one attached hydrogen (secondary N) is 1. The fraction of sp³-hybridized carbons (Fsp3) is 0.706. The van der Waals surface area contributed by atoms with Crippen LogP contribution in [-0.2, 0) is 19.1 Å². The highest BCUT2D eigenvalue weighted by Crippen LogP contribution is 2.34. The van der Waals surface area contributed by atoms with E-state index in [2.05, 4.69) is 10.3 Å². The molecule has 26 heavy (non-hydrogen) atoms. The number of aliphatic carboxylic acids is 1. The number of hydrogen-bond acceptors (Lipinski definition) is 8. The van der Waals surface area contributed by atoms with Crippen LogP contribution in [-0.4, -0.2) is 71.4 Å². The van der Waals surface area contributed by atoms with Crippen molar-refractivity contribution in [1.82, 2.24) is 15.3 Å². The van der Waals surface area contributed by atoms with Gasteiger partial charge in [0.2, 0.25) is 5.88 Å². The maximum atomic E-state index is 13.0. The molecule has 1 saturated heterocycles. The summed E-state index contributed by atoms with van der Waals surface area (Å²) < 4.78 is 11.2. The molecule has 2 N–H and O–H groups in total. The molecule has 1 unspecified atom stereocenters. The minimum absolute atomic E-state index is 0.0424. The zero-order chi connectivity index (χ0) is 19.5. The molecular weight excluding hydrogens is 340 g/mol. The van der Waals surface area contributed by atoms with Crippen LogP contribution in [0.5, 0.6) is 0 Å². The van der Waals surface area contributed by atoms with Gasteiger partial charge in [-0.25, -0.2) is 9.59 Å². The molecule has 0 aromatic rings. The van der Waals surface area contributed by atoms with Crippen molar-refractivity contribution < 1.29 is 24.2 Å². The van der Waals surface area contributed by atoms with E-state index in [0.717, 1.165) is 6.42 Å². The number of nitrogens with zero attached hydrogens (tertiary/aromatic N) is 3. The second-order valence-electron chi connectivity index (χ2n) is 7.15. The first-order valence-corrected chi connectivity index (χ1v) is 8.74. The van der Waals surface area contributed by atoms with Crippen molar-refractivity contribution in [2.75, 3.05) is 26.9 Å². The summed E-state index contributed by atoms with van der Waals surface area (Å²) in [5.41, 5.74) is -1.79. The summed E-state index contributed by atoms with van der Waals surface area (Å²) in [4.78, 5) is 28.7. The third-order valence-corrected chi connectivity index (χ3v) is 4.20. The molecule has 0 spiro atoms. The van der Waals surface area contributed by atoms with Gasteiger partial charge in [0.05, 0.1) is 6.61 Å². The highest BCUT2D eigenvalue weighted by Gasteiger charge is 2.52. The van der Waals surface area contributed by atoms with Crippen LogP contribution in [0.3, 0.4) is 0 Å². The average Bonchev–Trinajstić information content (AvgIpc) is 2.98. The predicted octanol–water partition coefficient (Wildman–Crippen LogP) is 0.931. The minimum Gasteiger partial charge on any atom is -0.478 e. The Morgan fingerprint density at radius 3 is 2.65 bits per heavy atom. The second kappa shape index (κ2) is 7.63. The van der Waals surface area contributed by atoms with Crippen molar-refractivity contribution in [2.45, 2.75) is 51.8 Å². The van der Waals surface area contributed by atoms with Crippen molar-refractivity contribution in [3.63, 3.8) is 0 Å². The van der Waals surface area contributed by atoms with E-state index in [1.165, 1.54) is 6.21 Å². The van der Waals surface area contributed by atoms with Gasteiger partial charge in [-0.05, 0) is 47.6 Å². The quantitative estimate of drug-likeness (QED) is 0.668. The number of ether oxygens (including phenoxy) is 2. The number of carbonyl (C=O) groups is 2. The molecule has 0 aromatic heterocycles. The van der Waals surface area contributed by atoms with Crippen LogP contribution >= 0.6 is 0 Å². The number of likely N-dealkylation sites (N-methyl/N-ethyl adjacent to an activating group) is 1. The Kier molecular flexibility index (Phi) is 5.92. The van der Waals surface area contributed by atoms with Gasteiger partial charge < -0.3 is 14.6 Å². The Morgan fingerprint density at radius 1 is 1.42 bits per heavy atom. The number of rotatable bonds is 6. The van der Waals surface area contributed by atoms with Gasteiger partial charge in [-0.1, -0.05) is 0 Å². The van der Waals surface area contributed by atoms with Gasteiger partial charge in [0.15, 0.2) is 5.66 Å². The van der Waals surface area contributed by atoms with Crippen LogP contribution in [0.2, 0.25) is 0 Å². The highest BCUT2D eigenvalue weighted by atomic mass is 16.6. The maximum absolute atomic E-state index is 13.0. The van der Waals surface area contributed by atoms with Gasteiger partial charge in [0, 0.05) is 12.8 Å². The van der Waals surface area contributed by atoms with Crippen molar-refractivity contribution in [2.24, 2.45) is 4.99 Å². The van der Waals surface area contributed by atoms with Crippen LogP contribution in [0.1, 0.15) is 40.5 Å². The highest BCUT2D eigenvalue weighted by molar-refractivity contribution is 6.09. The third kappa shape index (κ3) is 3.83. The summed E-state index contributed by atoms with van der Waals surface area (Å²) in [6, 6.07) is 0. The maximum Gasteiger partial charge on any atom is 0.343 e. The van der Waals surface area contributed by atoms with Crippen LogP contribution in [0.4, 0.5) is 0 Å². The summed E-state index contributed by atoms with van der Waals surface area (Å²) in [7, 11) is 1.69. The first-order valence-electron chi connectivity index (χ1n) is 8.74. The number of hydrogen-bond donors (Lipinski definition) is 2. The SMILES string of the molecule is CCOC1=C(C(=O)O)C=NCN1N1CCCC1(NC)C(=O)OC(C)(C)C. The van der Waals surface area contributed by atoms with Gasteiger partial charge >= 0.3 is 11.9 Å². The third-order valence-electron chi connectivity index (χ3n) is 4.20. The topological polar surface area (TPSA) is 104 Å². The molecule has 1 fully saturated rings. The molecule has 1 atom stereocenters. The van der Waals surface area contributed by atoms with Crippen molar-refractivity contribution >= 4 is 18.2 Å². The van der Waals surface area contributed by atoms with Crippen LogP contribution in [0.15, 0.2) is 16.4 Å². The molecule has 2 rings (SSSR count). The molecule has 0 amide bonds. The van der Waals surface area contributed by atoms with E-state index >= 15 is 0 Å². The number of carbonyl (C=O) groups excluding carboxylic acids is 1. The van der Waals surface area contributed by atoms with Crippen molar-refractivity contribution in [3.05, 3.63) is 11.5 Å². The molecule has 9 nitrogen and oxygen atoms in total. The van der Waals surface area contributed by atoms with E-state index in [-0.39, 0.29) is 18.1 Å². The van der Waals surface area contributed by atoms with E-state index in [1.54, 1.807) is 24.0 Å². The standard InChI is InChI=1S/C17H28N4O5/c1-6-25-13-12(14(22)23)10-19-11-20(13)21-9-7-8-17(21,18-5)15(24)26-16(2,3)4/h10,18H,6-9,11H2,1-5H3,(H,22,23). The van der Waals surface area contributed by atoms with Gasteiger partial charge in [0.1, 0.15) is 17.8 Å². The Balaban J connectivity index is 2.42. The van der Waals surface area contributed by atoms with Crippen molar-refractivity contribution in [3.8, 4) is 0 Å². The second-order valence-corrected chi connectivity index (χ2v) is 7.15. The normalized spacial score (nSPS) is 24.1. The average molecular weight is 368 g/mol. The number of aliphatic imine (C=N–C) groups is 1. The molecule has 0 radical (unpaired) electrons. The smallest absolute Gasteiger partial charge is 0.343 e. The molecule has 2 aliphatic rings. The lowest BCUT2D eigenvalue weighted by Crippen LogP contribution is -2.66. The van der Waals surface area contributed by atoms with Crippen LogP contribution in [0.25, 0.3) is 0 Å². The van der Waals surface area contributed by atoms with E-state index < -0.39 is 23.2 Å². The van der Waals surface area contributed by atoms with Crippen molar-refractivity contribution in [1.29, 1.82) is 0 Å². The fourth-order valence-corrected chi connectivity index (χ4v) is 3.15. The zero-order valence-corrected chi connectivity index (χ0v) is 16.0. The van der Waals surface area contributed by atoms with Crippen LogP contribution < -0.4 is 5.32 Å². The predicted molar refractivity (Wildman–Crippen MR) is 95.1 cm³/mol. The van der Waals surface area contributed by atoms with Gasteiger partial charge in [-0.2, -0.15) is 5.01 Å². The number of carboxylic acids is 1. The monoisotopic (exact) mass is 368 g/mol. The summed E-state index contributed by atoms with van der Waals surface area (Å²) in [5.74, 6) is -1.36. The zero-order valence-electron chi connectivity index (χ0n) is 16.0. The van der Waals surface area contributed by atoms with E-state index in [0.29, 0.717) is 19.6 Å². The first kappa shape index (κ1) is 20.2. The molecule has 0 saturated carbocycles. The Morgan fingerprint density at radius 2 is 2.12 bits per heavy atom. The van der Waals surface area contributed by atoms with Gasteiger partial charge in [0.25, 0.3) is 0 Å². The van der Waals surface area contributed by atoms with E-state index in [9.17, 15) is 14.7 Å². The number of esters is 1. The lowest BCUT2D eigenvalue weighted by molar-refractivity contribution is -0.186. The largest absolute Gasteiger partial charge is 0.478 e. The molecule has 2 heterocycles. The first-order chi connectivity index (χ1) is 12.2. The Hall–Kier alpha value is -2.13. The minimum atomic E-state index is -1.13. The van der Waals surface area contributed by atoms with E-state index in [1.807, 2.05) is 20.8 Å². The molecule has 2 aliphatic heterocycles. The molecule has 0 bridgehead atoms. The summed E-state index contributed by atoms with van der Waals surface area (Å²) in [5, 5.41) is 15.9.